The van der Waals surface area contributed by atoms with E-state index in [1.54, 1.807) is 30.8 Å². The van der Waals surface area contributed by atoms with Crippen LogP contribution in [-0.4, -0.2) is 31.2 Å². The van der Waals surface area contributed by atoms with Crippen LogP contribution in [0.1, 0.15) is 10.4 Å². The number of rotatable bonds is 2. The Labute approximate surface area is 82.9 Å². The summed E-state index contributed by atoms with van der Waals surface area (Å²) in [4.78, 5) is 14.3. The number of amides is 1. The average molecular weight is 195 g/mol. The first kappa shape index (κ1) is 10.1. The summed E-state index contributed by atoms with van der Waals surface area (Å²) in [5, 5.41) is 0. The van der Waals surface area contributed by atoms with Gasteiger partial charge in [-0.15, -0.1) is 11.8 Å². The van der Waals surface area contributed by atoms with E-state index in [-0.39, 0.29) is 5.91 Å². The molecule has 0 atom stereocenters. The normalized spacial score (nSPS) is 9.77. The van der Waals surface area contributed by atoms with Crippen molar-refractivity contribution >= 4 is 17.7 Å². The van der Waals surface area contributed by atoms with Crippen molar-refractivity contribution in [1.29, 1.82) is 0 Å². The fourth-order valence-electron chi connectivity index (χ4n) is 1.06. The van der Waals surface area contributed by atoms with Gasteiger partial charge in [-0.2, -0.15) is 0 Å². The van der Waals surface area contributed by atoms with E-state index in [0.717, 1.165) is 10.5 Å². The van der Waals surface area contributed by atoms with E-state index in [9.17, 15) is 4.79 Å². The highest BCUT2D eigenvalue weighted by Crippen LogP contribution is 2.20. The molecule has 0 aromatic heterocycles. The van der Waals surface area contributed by atoms with E-state index in [1.165, 1.54) is 0 Å². The lowest BCUT2D eigenvalue weighted by molar-refractivity contribution is 0.0824. The number of nitrogens with zero attached hydrogens (tertiary/aromatic N) is 1. The number of carbonyl (C=O) groups is 1. The number of benzene rings is 1. The molecular weight excluding hydrogens is 182 g/mol. The van der Waals surface area contributed by atoms with Crippen molar-refractivity contribution in [3.05, 3.63) is 29.8 Å². The van der Waals surface area contributed by atoms with Crippen LogP contribution < -0.4 is 0 Å². The number of thioether (sulfide) groups is 1. The Morgan fingerprint density at radius 2 is 1.92 bits per heavy atom. The fourth-order valence-corrected chi connectivity index (χ4v) is 1.65. The zero-order valence-electron chi connectivity index (χ0n) is 8.07. The molecule has 70 valence electrons. The van der Waals surface area contributed by atoms with E-state index in [4.69, 9.17) is 0 Å². The molecule has 13 heavy (non-hydrogen) atoms. The molecule has 0 unspecified atom stereocenters. The first-order chi connectivity index (χ1) is 6.16. The van der Waals surface area contributed by atoms with E-state index >= 15 is 0 Å². The lowest BCUT2D eigenvalue weighted by Crippen LogP contribution is -2.22. The molecule has 3 heteroatoms. The summed E-state index contributed by atoms with van der Waals surface area (Å²) in [7, 11) is 3.53. The molecule has 0 saturated carbocycles. The first-order valence-electron chi connectivity index (χ1n) is 4.01. The minimum Gasteiger partial charge on any atom is -0.345 e. The van der Waals surface area contributed by atoms with Gasteiger partial charge < -0.3 is 4.90 Å². The molecule has 0 radical (unpaired) electrons. The molecule has 0 bridgehead atoms. The van der Waals surface area contributed by atoms with Crippen molar-refractivity contribution in [2.24, 2.45) is 0 Å². The van der Waals surface area contributed by atoms with Crippen LogP contribution in [0.25, 0.3) is 0 Å². The van der Waals surface area contributed by atoms with Crippen molar-refractivity contribution in [1.82, 2.24) is 4.90 Å². The largest absolute Gasteiger partial charge is 0.345 e. The molecule has 2 nitrogen and oxygen atoms in total. The Balaban J connectivity index is 3.06. The number of carbonyl (C=O) groups excluding carboxylic acids is 1. The highest BCUT2D eigenvalue weighted by Gasteiger charge is 2.11. The molecule has 0 fully saturated rings. The van der Waals surface area contributed by atoms with Gasteiger partial charge in [-0.05, 0) is 18.4 Å². The van der Waals surface area contributed by atoms with Gasteiger partial charge >= 0.3 is 0 Å². The number of hydrogen-bond acceptors (Lipinski definition) is 2. The van der Waals surface area contributed by atoms with Crippen LogP contribution in [0.2, 0.25) is 0 Å². The van der Waals surface area contributed by atoms with E-state index < -0.39 is 0 Å². The van der Waals surface area contributed by atoms with Crippen LogP contribution in [0, 0.1) is 0 Å². The SMILES string of the molecule is CSc1ccccc1C(=O)N(C)C. The maximum absolute atomic E-state index is 11.6. The monoisotopic (exact) mass is 195 g/mol. The van der Waals surface area contributed by atoms with Gasteiger partial charge in [-0.25, -0.2) is 0 Å². The van der Waals surface area contributed by atoms with Crippen LogP contribution in [0.3, 0.4) is 0 Å². The summed E-state index contributed by atoms with van der Waals surface area (Å²) in [6.45, 7) is 0. The molecule has 0 aliphatic heterocycles. The quantitative estimate of drug-likeness (QED) is 0.674. The standard InChI is InChI=1S/C10H13NOS/c1-11(2)10(12)8-6-4-5-7-9(8)13-3/h4-7H,1-3H3. The lowest BCUT2D eigenvalue weighted by Gasteiger charge is -2.12. The third-order valence-corrected chi connectivity index (χ3v) is 2.54. The van der Waals surface area contributed by atoms with Gasteiger partial charge in [-0.1, -0.05) is 12.1 Å². The van der Waals surface area contributed by atoms with Crippen LogP contribution in [0.5, 0.6) is 0 Å². The fraction of sp³-hybridized carbons (Fsp3) is 0.300. The van der Waals surface area contributed by atoms with Crippen LogP contribution in [0.15, 0.2) is 29.2 Å². The number of hydrogen-bond donors (Lipinski definition) is 0. The second-order valence-electron chi connectivity index (χ2n) is 2.90. The second kappa shape index (κ2) is 4.33. The Hall–Kier alpha value is -0.960. The van der Waals surface area contributed by atoms with Gasteiger partial charge in [0.2, 0.25) is 0 Å². The Morgan fingerprint density at radius 3 is 2.46 bits per heavy atom. The topological polar surface area (TPSA) is 20.3 Å². The summed E-state index contributed by atoms with van der Waals surface area (Å²) in [5.41, 5.74) is 0.778. The highest BCUT2D eigenvalue weighted by molar-refractivity contribution is 7.98. The molecule has 1 rings (SSSR count). The van der Waals surface area contributed by atoms with Crippen molar-refractivity contribution < 1.29 is 4.79 Å². The van der Waals surface area contributed by atoms with E-state index in [1.807, 2.05) is 30.5 Å². The molecule has 1 aromatic carbocycles. The van der Waals surface area contributed by atoms with Gasteiger partial charge in [0.25, 0.3) is 5.91 Å². The Morgan fingerprint density at radius 1 is 1.31 bits per heavy atom. The minimum atomic E-state index is 0.0601. The van der Waals surface area contributed by atoms with Crippen LogP contribution in [0.4, 0.5) is 0 Å². The maximum atomic E-state index is 11.6. The predicted octanol–water partition coefficient (Wildman–Crippen LogP) is 2.11. The highest BCUT2D eigenvalue weighted by atomic mass is 32.2. The van der Waals surface area contributed by atoms with Crippen molar-refractivity contribution in [3.8, 4) is 0 Å². The zero-order valence-corrected chi connectivity index (χ0v) is 8.89. The zero-order chi connectivity index (χ0) is 9.84. The maximum Gasteiger partial charge on any atom is 0.254 e. The Bertz CT molecular complexity index is 310. The molecule has 0 N–H and O–H groups in total. The Kier molecular flexibility index (Phi) is 3.37. The predicted molar refractivity (Wildman–Crippen MR) is 56.2 cm³/mol. The third kappa shape index (κ3) is 2.25. The summed E-state index contributed by atoms with van der Waals surface area (Å²) in [6, 6.07) is 7.64. The molecule has 0 spiro atoms. The van der Waals surface area contributed by atoms with Crippen LogP contribution >= 0.6 is 11.8 Å². The minimum absolute atomic E-state index is 0.0601. The molecule has 0 heterocycles. The molecule has 1 amide bonds. The van der Waals surface area contributed by atoms with Gasteiger partial charge in [0.05, 0.1) is 5.56 Å². The summed E-state index contributed by atoms with van der Waals surface area (Å²) in [6.07, 6.45) is 1.97. The molecule has 0 aliphatic rings. The van der Waals surface area contributed by atoms with Gasteiger partial charge in [0.1, 0.15) is 0 Å². The average Bonchev–Trinajstić information content (AvgIpc) is 2.16. The van der Waals surface area contributed by atoms with Crippen molar-refractivity contribution in [3.63, 3.8) is 0 Å². The summed E-state index contributed by atoms with van der Waals surface area (Å²) in [5.74, 6) is 0.0601. The molecular formula is C10H13NOS. The van der Waals surface area contributed by atoms with Gasteiger partial charge in [0, 0.05) is 19.0 Å². The first-order valence-corrected chi connectivity index (χ1v) is 5.24. The molecule has 0 saturated heterocycles. The van der Waals surface area contributed by atoms with Gasteiger partial charge in [-0.3, -0.25) is 4.79 Å². The third-order valence-electron chi connectivity index (χ3n) is 1.74. The van der Waals surface area contributed by atoms with E-state index in [0.29, 0.717) is 0 Å². The summed E-state index contributed by atoms with van der Waals surface area (Å²) >= 11 is 1.59. The molecule has 1 aromatic rings. The second-order valence-corrected chi connectivity index (χ2v) is 3.75. The smallest absolute Gasteiger partial charge is 0.254 e. The van der Waals surface area contributed by atoms with Gasteiger partial charge in [0.15, 0.2) is 0 Å². The lowest BCUT2D eigenvalue weighted by atomic mass is 10.2. The van der Waals surface area contributed by atoms with Crippen LogP contribution in [-0.2, 0) is 0 Å². The summed E-state index contributed by atoms with van der Waals surface area (Å²) < 4.78 is 0. The molecule has 0 aliphatic carbocycles. The van der Waals surface area contributed by atoms with E-state index in [2.05, 4.69) is 0 Å². The van der Waals surface area contributed by atoms with Crippen molar-refractivity contribution in [2.75, 3.05) is 20.4 Å². The van der Waals surface area contributed by atoms with Crippen molar-refractivity contribution in [2.45, 2.75) is 4.90 Å².